The second-order valence-electron chi connectivity index (χ2n) is 6.21. The Kier molecular flexibility index (Phi) is 6.97. The van der Waals surface area contributed by atoms with Crippen LogP contribution in [0.3, 0.4) is 0 Å². The molecule has 30 heavy (non-hydrogen) atoms. The summed E-state index contributed by atoms with van der Waals surface area (Å²) >= 11 is 0. The maximum absolute atomic E-state index is 12.6. The van der Waals surface area contributed by atoms with Gasteiger partial charge in [-0.25, -0.2) is 5.43 Å². The Morgan fingerprint density at radius 2 is 1.67 bits per heavy atom. The molecule has 0 saturated carbocycles. The van der Waals surface area contributed by atoms with Crippen LogP contribution in [0, 0.1) is 0 Å². The molecule has 0 saturated heterocycles. The van der Waals surface area contributed by atoms with Gasteiger partial charge in [-0.05, 0) is 29.8 Å². The lowest BCUT2D eigenvalue weighted by molar-refractivity contribution is -0.131. The Hall–Kier alpha value is -3.46. The Morgan fingerprint density at radius 1 is 1.00 bits per heavy atom. The van der Waals surface area contributed by atoms with Gasteiger partial charge in [-0.1, -0.05) is 6.07 Å². The van der Waals surface area contributed by atoms with Crippen molar-refractivity contribution in [1.82, 2.24) is 5.43 Å². The zero-order valence-electron chi connectivity index (χ0n) is 17.3. The first-order valence-electron chi connectivity index (χ1n) is 9.16. The average molecular weight is 416 g/mol. The van der Waals surface area contributed by atoms with E-state index in [0.717, 1.165) is 0 Å². The monoisotopic (exact) mass is 416 g/mol. The van der Waals surface area contributed by atoms with Crippen LogP contribution in [0.5, 0.6) is 28.7 Å². The molecule has 9 heteroatoms. The second kappa shape index (κ2) is 9.84. The molecule has 1 amide bonds. The van der Waals surface area contributed by atoms with Crippen LogP contribution in [-0.2, 0) is 9.53 Å². The van der Waals surface area contributed by atoms with Gasteiger partial charge in [0.05, 0.1) is 27.5 Å². The van der Waals surface area contributed by atoms with Crippen LogP contribution in [0.25, 0.3) is 0 Å². The van der Waals surface area contributed by atoms with Crippen LogP contribution in [0.15, 0.2) is 35.4 Å². The quantitative estimate of drug-likeness (QED) is 0.521. The van der Waals surface area contributed by atoms with Crippen LogP contribution in [0.1, 0.15) is 17.2 Å². The summed E-state index contributed by atoms with van der Waals surface area (Å²) in [5, 5.41) is 4.02. The smallest absolute Gasteiger partial charge is 0.273 e. The van der Waals surface area contributed by atoms with Crippen LogP contribution >= 0.6 is 0 Å². The fourth-order valence-electron chi connectivity index (χ4n) is 3.02. The molecular formula is C21H24N2O7. The van der Waals surface area contributed by atoms with E-state index in [4.69, 9.17) is 28.4 Å². The number of nitrogens with zero attached hydrogens (tertiary/aromatic N) is 1. The van der Waals surface area contributed by atoms with Crippen LogP contribution in [0.4, 0.5) is 0 Å². The van der Waals surface area contributed by atoms with Gasteiger partial charge in [-0.3, -0.25) is 4.79 Å². The molecule has 1 aliphatic heterocycles. The number of rotatable bonds is 8. The maximum Gasteiger partial charge on any atom is 0.273 e. The van der Waals surface area contributed by atoms with E-state index in [1.165, 1.54) is 34.7 Å². The summed E-state index contributed by atoms with van der Waals surface area (Å²) in [6, 6.07) is 8.66. The molecule has 0 radical (unpaired) electrons. The molecule has 0 spiro atoms. The molecule has 1 N–H and O–H groups in total. The van der Waals surface area contributed by atoms with Crippen molar-refractivity contribution < 1.29 is 33.2 Å². The zero-order valence-corrected chi connectivity index (χ0v) is 17.3. The van der Waals surface area contributed by atoms with Crippen LogP contribution in [0.2, 0.25) is 0 Å². The predicted octanol–water partition coefficient (Wildman–Crippen LogP) is 2.32. The van der Waals surface area contributed by atoms with Gasteiger partial charge in [-0.2, -0.15) is 5.10 Å². The third kappa shape index (κ3) is 4.57. The number of hydrogen-bond acceptors (Lipinski definition) is 8. The lowest BCUT2D eigenvalue weighted by atomic mass is 10.1. The molecule has 2 aromatic rings. The van der Waals surface area contributed by atoms with Crippen molar-refractivity contribution in [2.75, 3.05) is 41.7 Å². The number of nitrogens with one attached hydrogen (secondary N) is 1. The van der Waals surface area contributed by atoms with Crippen molar-refractivity contribution in [2.24, 2.45) is 5.10 Å². The predicted molar refractivity (Wildman–Crippen MR) is 109 cm³/mol. The van der Waals surface area contributed by atoms with Gasteiger partial charge in [0.25, 0.3) is 5.91 Å². The number of methoxy groups -OCH3 is 4. The molecule has 2 aromatic carbocycles. The van der Waals surface area contributed by atoms with E-state index in [1.54, 1.807) is 30.3 Å². The van der Waals surface area contributed by atoms with Crippen molar-refractivity contribution in [3.8, 4) is 28.7 Å². The normalized spacial score (nSPS) is 13.6. The summed E-state index contributed by atoms with van der Waals surface area (Å²) in [4.78, 5) is 12.6. The Morgan fingerprint density at radius 3 is 2.27 bits per heavy atom. The Labute approximate surface area is 174 Å². The molecule has 160 valence electrons. The van der Waals surface area contributed by atoms with E-state index < -0.39 is 12.0 Å². The fraction of sp³-hybridized carbons (Fsp3) is 0.333. The summed E-state index contributed by atoms with van der Waals surface area (Å²) in [5.41, 5.74) is 3.76. The van der Waals surface area contributed by atoms with Gasteiger partial charge >= 0.3 is 0 Å². The largest absolute Gasteiger partial charge is 0.493 e. The lowest BCUT2D eigenvalue weighted by Crippen LogP contribution is -2.27. The summed E-state index contributed by atoms with van der Waals surface area (Å²) in [5.74, 6) is 2.22. The molecule has 1 aliphatic rings. The minimum absolute atomic E-state index is 0.433. The van der Waals surface area contributed by atoms with Crippen molar-refractivity contribution >= 4 is 12.1 Å². The molecule has 3 rings (SSSR count). The molecule has 0 fully saturated rings. The minimum Gasteiger partial charge on any atom is -0.493 e. The van der Waals surface area contributed by atoms with E-state index >= 15 is 0 Å². The van der Waals surface area contributed by atoms with Gasteiger partial charge in [0, 0.05) is 12.7 Å². The summed E-state index contributed by atoms with van der Waals surface area (Å²) in [6.07, 6.45) is 0.608. The number of hydrogen-bond donors (Lipinski definition) is 1. The van der Waals surface area contributed by atoms with E-state index in [2.05, 4.69) is 10.5 Å². The average Bonchev–Trinajstić information content (AvgIpc) is 2.78. The number of carbonyl (C=O) groups is 1. The van der Waals surface area contributed by atoms with E-state index in [-0.39, 0.29) is 0 Å². The number of hydrazone groups is 1. The first-order chi connectivity index (χ1) is 14.6. The number of fused-ring (bicyclic) bond motifs is 1. The molecule has 1 heterocycles. The van der Waals surface area contributed by atoms with Crippen LogP contribution < -0.4 is 29.1 Å². The zero-order chi connectivity index (χ0) is 21.5. The molecule has 0 bridgehead atoms. The molecule has 0 aromatic heterocycles. The number of ether oxygens (including phenoxy) is 6. The standard InChI is InChI=1S/C21H24N2O7/c1-25-17-9-13(10-18(26-2)20(17)28-4)12-22-23-21(24)19(27-3)14-5-6-15-16(11-14)30-8-7-29-15/h5-6,9-12,19H,7-8H2,1-4H3,(H,23,24)/b22-12-. The third-order valence-corrected chi connectivity index (χ3v) is 4.42. The second-order valence-corrected chi connectivity index (χ2v) is 6.21. The SMILES string of the molecule is COc1cc(/C=N\NC(=O)C(OC)c2ccc3c(c2)OCCO3)cc(OC)c1OC. The Bertz CT molecular complexity index is 905. The van der Waals surface area contributed by atoms with E-state index in [1.807, 2.05) is 0 Å². The van der Waals surface area contributed by atoms with Gasteiger partial charge in [0.15, 0.2) is 29.1 Å². The van der Waals surface area contributed by atoms with Crippen molar-refractivity contribution in [3.05, 3.63) is 41.5 Å². The Balaban J connectivity index is 1.73. The summed E-state index contributed by atoms with van der Waals surface area (Å²) in [7, 11) is 6.02. The maximum atomic E-state index is 12.6. The summed E-state index contributed by atoms with van der Waals surface area (Å²) < 4.78 is 32.3. The first-order valence-corrected chi connectivity index (χ1v) is 9.16. The lowest BCUT2D eigenvalue weighted by Gasteiger charge is -2.20. The van der Waals surface area contributed by atoms with Gasteiger partial charge in [-0.15, -0.1) is 0 Å². The molecule has 9 nitrogen and oxygen atoms in total. The topological polar surface area (TPSA) is 96.8 Å². The fourth-order valence-corrected chi connectivity index (χ4v) is 3.02. The van der Waals surface area contributed by atoms with Crippen molar-refractivity contribution in [3.63, 3.8) is 0 Å². The van der Waals surface area contributed by atoms with E-state index in [0.29, 0.717) is 53.1 Å². The highest BCUT2D eigenvalue weighted by molar-refractivity contribution is 5.86. The highest BCUT2D eigenvalue weighted by Crippen LogP contribution is 2.37. The molecule has 1 unspecified atom stereocenters. The van der Waals surface area contributed by atoms with E-state index in [9.17, 15) is 4.79 Å². The van der Waals surface area contributed by atoms with Gasteiger partial charge in [0.2, 0.25) is 5.75 Å². The molecule has 0 aliphatic carbocycles. The summed E-state index contributed by atoms with van der Waals surface area (Å²) in [6.45, 7) is 0.954. The molecule has 1 atom stereocenters. The van der Waals surface area contributed by atoms with Crippen LogP contribution in [-0.4, -0.2) is 53.8 Å². The highest BCUT2D eigenvalue weighted by atomic mass is 16.6. The highest BCUT2D eigenvalue weighted by Gasteiger charge is 2.22. The van der Waals surface area contributed by atoms with Crippen molar-refractivity contribution in [2.45, 2.75) is 6.10 Å². The molecular weight excluding hydrogens is 392 g/mol. The minimum atomic E-state index is -0.863. The first kappa shape index (κ1) is 21.3. The van der Waals surface area contributed by atoms with Gasteiger partial charge in [0.1, 0.15) is 13.2 Å². The number of benzene rings is 2. The van der Waals surface area contributed by atoms with Gasteiger partial charge < -0.3 is 28.4 Å². The van der Waals surface area contributed by atoms with Crippen molar-refractivity contribution in [1.29, 1.82) is 0 Å². The number of carbonyl (C=O) groups excluding carboxylic acids is 1. The third-order valence-electron chi connectivity index (χ3n) is 4.42. The number of amides is 1.